The predicted molar refractivity (Wildman–Crippen MR) is 79.0 cm³/mol. The fourth-order valence-corrected chi connectivity index (χ4v) is 6.32. The summed E-state index contributed by atoms with van der Waals surface area (Å²) >= 11 is 1.28. The molecule has 4 nitrogen and oxygen atoms in total. The van der Waals surface area contributed by atoms with Crippen LogP contribution in [0.25, 0.3) is 0 Å². The molecule has 0 aromatic carbocycles. The van der Waals surface area contributed by atoms with Gasteiger partial charge in [-0.1, -0.05) is 6.42 Å². The highest BCUT2D eigenvalue weighted by atomic mass is 32.2. The zero-order chi connectivity index (χ0) is 14.3. The molecule has 1 aromatic rings. The lowest BCUT2D eigenvalue weighted by Crippen LogP contribution is -2.39. The van der Waals surface area contributed by atoms with E-state index in [1.165, 1.54) is 37.0 Å². The van der Waals surface area contributed by atoms with Gasteiger partial charge in [0.2, 0.25) is 10.0 Å². The zero-order valence-electron chi connectivity index (χ0n) is 11.6. The van der Waals surface area contributed by atoms with Gasteiger partial charge in [0, 0.05) is 16.3 Å². The standard InChI is InChI=1S/C14H21NO3S2/c1-9(14-5-10-2-3-11(14)4-10)15-20(17,18)13-6-12(7-16)19-8-13/h6,8-11,14-16H,2-5,7H2,1H3. The van der Waals surface area contributed by atoms with Crippen molar-refractivity contribution in [1.82, 2.24) is 4.72 Å². The lowest BCUT2D eigenvalue weighted by molar-refractivity contribution is 0.280. The van der Waals surface area contributed by atoms with Gasteiger partial charge in [0.05, 0.1) is 11.5 Å². The van der Waals surface area contributed by atoms with Crippen molar-refractivity contribution in [3.05, 3.63) is 16.3 Å². The van der Waals surface area contributed by atoms with Crippen LogP contribution in [-0.4, -0.2) is 19.6 Å². The molecule has 2 saturated carbocycles. The summed E-state index contributed by atoms with van der Waals surface area (Å²) in [7, 11) is -3.45. The fraction of sp³-hybridized carbons (Fsp3) is 0.714. The summed E-state index contributed by atoms with van der Waals surface area (Å²) in [6.45, 7) is 1.88. The van der Waals surface area contributed by atoms with Gasteiger partial charge in [-0.2, -0.15) is 0 Å². The van der Waals surface area contributed by atoms with Gasteiger partial charge in [-0.3, -0.25) is 0 Å². The lowest BCUT2D eigenvalue weighted by Gasteiger charge is -2.28. The van der Waals surface area contributed by atoms with Crippen LogP contribution in [0.4, 0.5) is 0 Å². The third-order valence-electron chi connectivity index (χ3n) is 4.87. The number of hydrogen-bond acceptors (Lipinski definition) is 4. The smallest absolute Gasteiger partial charge is 0.241 e. The van der Waals surface area contributed by atoms with E-state index in [-0.39, 0.29) is 17.5 Å². The highest BCUT2D eigenvalue weighted by Crippen LogP contribution is 2.49. The average Bonchev–Trinajstić information content (AvgIpc) is 3.13. The molecule has 2 bridgehead atoms. The van der Waals surface area contributed by atoms with Crippen molar-refractivity contribution in [2.24, 2.45) is 17.8 Å². The van der Waals surface area contributed by atoms with Crippen LogP contribution in [0.15, 0.2) is 16.3 Å². The first-order valence-corrected chi connectivity index (χ1v) is 9.56. The van der Waals surface area contributed by atoms with E-state index < -0.39 is 10.0 Å². The highest BCUT2D eigenvalue weighted by molar-refractivity contribution is 7.89. The number of aliphatic hydroxyl groups excluding tert-OH is 1. The SMILES string of the molecule is CC(NS(=O)(=O)c1csc(CO)c1)C1CC2CCC1C2. The second-order valence-electron chi connectivity index (χ2n) is 6.16. The molecule has 3 rings (SSSR count). The number of nitrogens with one attached hydrogen (secondary N) is 1. The molecular weight excluding hydrogens is 294 g/mol. The van der Waals surface area contributed by atoms with E-state index in [1.54, 1.807) is 11.4 Å². The van der Waals surface area contributed by atoms with Crippen LogP contribution in [0, 0.1) is 17.8 Å². The topological polar surface area (TPSA) is 66.4 Å². The molecule has 1 aromatic heterocycles. The second-order valence-corrected chi connectivity index (χ2v) is 8.87. The van der Waals surface area contributed by atoms with E-state index in [2.05, 4.69) is 4.72 Å². The summed E-state index contributed by atoms with van der Waals surface area (Å²) in [5.74, 6) is 2.01. The number of sulfonamides is 1. The minimum Gasteiger partial charge on any atom is -0.391 e. The second kappa shape index (κ2) is 5.40. The monoisotopic (exact) mass is 315 g/mol. The maximum atomic E-state index is 12.3. The largest absolute Gasteiger partial charge is 0.391 e. The molecule has 0 amide bonds. The van der Waals surface area contributed by atoms with Gasteiger partial charge in [0.25, 0.3) is 0 Å². The molecule has 1 heterocycles. The van der Waals surface area contributed by atoms with Gasteiger partial charge in [-0.25, -0.2) is 13.1 Å². The van der Waals surface area contributed by atoms with Crippen molar-refractivity contribution in [3.63, 3.8) is 0 Å². The Balaban J connectivity index is 1.69. The molecule has 0 aliphatic heterocycles. The highest BCUT2D eigenvalue weighted by Gasteiger charge is 2.42. The van der Waals surface area contributed by atoms with Gasteiger partial charge in [0.15, 0.2) is 0 Å². The van der Waals surface area contributed by atoms with E-state index in [0.717, 1.165) is 5.92 Å². The van der Waals surface area contributed by atoms with E-state index in [1.807, 2.05) is 6.92 Å². The third-order valence-corrected chi connectivity index (χ3v) is 7.48. The number of hydrogen-bond donors (Lipinski definition) is 2. The summed E-state index contributed by atoms with van der Waals surface area (Å²) in [6.07, 6.45) is 5.03. The zero-order valence-corrected chi connectivity index (χ0v) is 13.2. The molecule has 4 unspecified atom stereocenters. The molecule has 20 heavy (non-hydrogen) atoms. The molecule has 112 valence electrons. The molecule has 0 spiro atoms. The maximum absolute atomic E-state index is 12.3. The van der Waals surface area contributed by atoms with Crippen LogP contribution in [0.1, 0.15) is 37.5 Å². The van der Waals surface area contributed by atoms with Crippen molar-refractivity contribution in [1.29, 1.82) is 0 Å². The summed E-state index contributed by atoms with van der Waals surface area (Å²) in [4.78, 5) is 0.958. The minimum atomic E-state index is -3.45. The van der Waals surface area contributed by atoms with Crippen molar-refractivity contribution < 1.29 is 13.5 Å². The van der Waals surface area contributed by atoms with Crippen LogP contribution < -0.4 is 4.72 Å². The summed E-state index contributed by atoms with van der Waals surface area (Å²) < 4.78 is 27.5. The third kappa shape index (κ3) is 2.66. The first-order chi connectivity index (χ1) is 9.49. The van der Waals surface area contributed by atoms with E-state index >= 15 is 0 Å². The van der Waals surface area contributed by atoms with Gasteiger partial charge >= 0.3 is 0 Å². The summed E-state index contributed by atoms with van der Waals surface area (Å²) in [5, 5.41) is 10.6. The molecule has 2 N–H and O–H groups in total. The van der Waals surface area contributed by atoms with Gasteiger partial charge < -0.3 is 5.11 Å². The maximum Gasteiger partial charge on any atom is 0.241 e. The first-order valence-electron chi connectivity index (χ1n) is 7.20. The van der Waals surface area contributed by atoms with Gasteiger partial charge in [-0.15, -0.1) is 11.3 Å². The number of aliphatic hydroxyl groups is 1. The Morgan fingerprint density at radius 3 is 2.80 bits per heavy atom. The van der Waals surface area contributed by atoms with Crippen LogP contribution >= 0.6 is 11.3 Å². The Bertz CT molecular complexity index is 581. The van der Waals surface area contributed by atoms with Crippen molar-refractivity contribution in [2.45, 2.75) is 50.2 Å². The minimum absolute atomic E-state index is 0.00669. The van der Waals surface area contributed by atoms with Crippen LogP contribution in [0.5, 0.6) is 0 Å². The first kappa shape index (κ1) is 14.5. The molecule has 2 fully saturated rings. The van der Waals surface area contributed by atoms with E-state index in [0.29, 0.717) is 16.7 Å². The Morgan fingerprint density at radius 2 is 2.25 bits per heavy atom. The predicted octanol–water partition coefficient (Wildman–Crippen LogP) is 2.34. The van der Waals surface area contributed by atoms with Gasteiger partial charge in [0.1, 0.15) is 0 Å². The van der Waals surface area contributed by atoms with Gasteiger partial charge in [-0.05, 0) is 50.0 Å². The molecular formula is C14H21NO3S2. The van der Waals surface area contributed by atoms with E-state index in [9.17, 15) is 8.42 Å². The Hall–Kier alpha value is -0.430. The lowest BCUT2D eigenvalue weighted by atomic mass is 9.84. The van der Waals surface area contributed by atoms with Crippen LogP contribution in [0.2, 0.25) is 0 Å². The molecule has 2 aliphatic rings. The Morgan fingerprint density at radius 1 is 1.45 bits per heavy atom. The summed E-state index contributed by atoms with van der Waals surface area (Å²) in [5.41, 5.74) is 0. The average molecular weight is 315 g/mol. The molecule has 4 atom stereocenters. The molecule has 0 radical (unpaired) electrons. The number of thiophene rings is 1. The van der Waals surface area contributed by atoms with Crippen molar-refractivity contribution >= 4 is 21.4 Å². The fourth-order valence-electron chi connectivity index (χ4n) is 3.89. The number of fused-ring (bicyclic) bond motifs is 2. The molecule has 2 aliphatic carbocycles. The van der Waals surface area contributed by atoms with E-state index in [4.69, 9.17) is 5.11 Å². The molecule has 0 saturated heterocycles. The number of rotatable bonds is 5. The summed E-state index contributed by atoms with van der Waals surface area (Å²) in [6, 6.07) is 1.55. The molecule has 6 heteroatoms. The Labute approximate surface area is 124 Å². The normalized spacial score (nSPS) is 30.8. The Kier molecular flexibility index (Phi) is 3.92. The van der Waals surface area contributed by atoms with Crippen molar-refractivity contribution in [2.75, 3.05) is 0 Å². The quantitative estimate of drug-likeness (QED) is 0.876. The van der Waals surface area contributed by atoms with Crippen molar-refractivity contribution in [3.8, 4) is 0 Å². The van der Waals surface area contributed by atoms with Crippen LogP contribution in [0.3, 0.4) is 0 Å². The van der Waals surface area contributed by atoms with Crippen LogP contribution in [-0.2, 0) is 16.6 Å².